The van der Waals surface area contributed by atoms with Crippen LogP contribution >= 0.6 is 15.9 Å². The number of nitrogens with one attached hydrogen (secondary N) is 1. The Kier molecular flexibility index (Phi) is 3.77. The van der Waals surface area contributed by atoms with Gasteiger partial charge in [-0.1, -0.05) is 28.1 Å². The van der Waals surface area contributed by atoms with Gasteiger partial charge in [-0.15, -0.1) is 0 Å². The highest BCUT2D eigenvalue weighted by Crippen LogP contribution is 2.33. The molecule has 0 aliphatic carbocycles. The van der Waals surface area contributed by atoms with Crippen molar-refractivity contribution in [2.45, 2.75) is 6.92 Å². The predicted octanol–water partition coefficient (Wildman–Crippen LogP) is 4.09. The summed E-state index contributed by atoms with van der Waals surface area (Å²) in [5.41, 5.74) is 9.59. The van der Waals surface area contributed by atoms with Crippen LogP contribution in [0.3, 0.4) is 0 Å². The molecule has 4 heteroatoms. The Morgan fingerprint density at radius 3 is 2.67 bits per heavy atom. The van der Waals surface area contributed by atoms with Gasteiger partial charge in [-0.05, 0) is 36.8 Å². The number of methoxy groups -OCH3 is 1. The van der Waals surface area contributed by atoms with Crippen LogP contribution in [0.25, 0.3) is 0 Å². The molecule has 0 aromatic heterocycles. The summed E-state index contributed by atoms with van der Waals surface area (Å²) in [5, 5.41) is 3.32. The normalized spacial score (nSPS) is 10.2. The summed E-state index contributed by atoms with van der Waals surface area (Å²) in [6, 6.07) is 11.6. The number of para-hydroxylation sites is 1. The molecule has 0 aliphatic heterocycles. The second kappa shape index (κ2) is 5.31. The number of aryl methyl sites for hydroxylation is 1. The third-order valence-electron chi connectivity index (χ3n) is 2.73. The molecule has 0 heterocycles. The molecule has 3 N–H and O–H groups in total. The summed E-state index contributed by atoms with van der Waals surface area (Å²) in [6.07, 6.45) is 0. The number of hydrogen-bond acceptors (Lipinski definition) is 3. The van der Waals surface area contributed by atoms with Gasteiger partial charge in [-0.2, -0.15) is 0 Å². The fourth-order valence-corrected chi connectivity index (χ4v) is 2.13. The van der Waals surface area contributed by atoms with E-state index in [0.717, 1.165) is 32.8 Å². The first-order valence-corrected chi connectivity index (χ1v) is 6.37. The second-order valence-electron chi connectivity index (χ2n) is 4.01. The van der Waals surface area contributed by atoms with Crippen LogP contribution in [0.5, 0.6) is 5.75 Å². The lowest BCUT2D eigenvalue weighted by Gasteiger charge is -2.15. The fourth-order valence-electron chi connectivity index (χ4n) is 1.77. The standard InChI is InChI=1S/C14H15BrN2O/c1-9-4-3-5-11(16)14(9)17-12-8-10(15)6-7-13(12)18-2/h3-8,17H,16H2,1-2H3. The number of hydrogen-bond donors (Lipinski definition) is 2. The van der Waals surface area contributed by atoms with E-state index >= 15 is 0 Å². The number of benzene rings is 2. The molecule has 0 atom stereocenters. The SMILES string of the molecule is COc1ccc(Br)cc1Nc1c(C)cccc1N. The first-order chi connectivity index (χ1) is 8.61. The molecule has 2 aromatic carbocycles. The molecule has 18 heavy (non-hydrogen) atoms. The van der Waals surface area contributed by atoms with Gasteiger partial charge in [0.1, 0.15) is 5.75 Å². The first-order valence-electron chi connectivity index (χ1n) is 5.57. The molecule has 0 spiro atoms. The number of ether oxygens (including phenoxy) is 1. The molecule has 3 nitrogen and oxygen atoms in total. The Labute approximate surface area is 115 Å². The molecular weight excluding hydrogens is 292 g/mol. The highest BCUT2D eigenvalue weighted by atomic mass is 79.9. The number of nitrogens with two attached hydrogens (primary N) is 1. The minimum atomic E-state index is 0.719. The van der Waals surface area contributed by atoms with Crippen LogP contribution in [0.1, 0.15) is 5.56 Å². The molecule has 0 aliphatic rings. The van der Waals surface area contributed by atoms with Gasteiger partial charge < -0.3 is 15.8 Å². The molecule has 2 rings (SSSR count). The fraction of sp³-hybridized carbons (Fsp3) is 0.143. The van der Waals surface area contributed by atoms with Gasteiger partial charge in [0.05, 0.1) is 24.2 Å². The largest absolute Gasteiger partial charge is 0.495 e. The Morgan fingerprint density at radius 2 is 2.00 bits per heavy atom. The van der Waals surface area contributed by atoms with E-state index in [4.69, 9.17) is 10.5 Å². The molecule has 0 bridgehead atoms. The summed E-state index contributed by atoms with van der Waals surface area (Å²) >= 11 is 3.45. The second-order valence-corrected chi connectivity index (χ2v) is 4.92. The zero-order valence-electron chi connectivity index (χ0n) is 10.3. The minimum Gasteiger partial charge on any atom is -0.495 e. The lowest BCUT2D eigenvalue weighted by molar-refractivity contribution is 0.417. The monoisotopic (exact) mass is 306 g/mol. The van der Waals surface area contributed by atoms with E-state index in [-0.39, 0.29) is 0 Å². The molecule has 0 amide bonds. The minimum absolute atomic E-state index is 0.719. The van der Waals surface area contributed by atoms with E-state index in [1.165, 1.54) is 0 Å². The van der Waals surface area contributed by atoms with Gasteiger partial charge in [0.2, 0.25) is 0 Å². The maximum Gasteiger partial charge on any atom is 0.142 e. The van der Waals surface area contributed by atoms with Crippen molar-refractivity contribution in [1.82, 2.24) is 0 Å². The average Bonchev–Trinajstić information content (AvgIpc) is 2.34. The van der Waals surface area contributed by atoms with Gasteiger partial charge in [0, 0.05) is 4.47 Å². The maximum absolute atomic E-state index is 5.98. The average molecular weight is 307 g/mol. The first kappa shape index (κ1) is 12.8. The van der Waals surface area contributed by atoms with Gasteiger partial charge in [0.15, 0.2) is 0 Å². The van der Waals surface area contributed by atoms with E-state index in [1.807, 2.05) is 43.3 Å². The van der Waals surface area contributed by atoms with Gasteiger partial charge >= 0.3 is 0 Å². The van der Waals surface area contributed by atoms with E-state index < -0.39 is 0 Å². The van der Waals surface area contributed by atoms with Crippen molar-refractivity contribution in [1.29, 1.82) is 0 Å². The zero-order chi connectivity index (χ0) is 13.1. The van der Waals surface area contributed by atoms with Crippen LogP contribution in [0.15, 0.2) is 40.9 Å². The number of anilines is 3. The van der Waals surface area contributed by atoms with E-state index in [1.54, 1.807) is 7.11 Å². The van der Waals surface area contributed by atoms with Crippen molar-refractivity contribution in [3.05, 3.63) is 46.4 Å². The topological polar surface area (TPSA) is 47.3 Å². The Balaban J connectivity index is 2.42. The van der Waals surface area contributed by atoms with Crippen molar-refractivity contribution in [2.24, 2.45) is 0 Å². The Bertz CT molecular complexity index is 549. The predicted molar refractivity (Wildman–Crippen MR) is 79.6 cm³/mol. The highest BCUT2D eigenvalue weighted by Gasteiger charge is 2.07. The van der Waals surface area contributed by atoms with Gasteiger partial charge in [-0.25, -0.2) is 0 Å². The van der Waals surface area contributed by atoms with Crippen molar-refractivity contribution < 1.29 is 4.74 Å². The summed E-state index contributed by atoms with van der Waals surface area (Å²) in [6.45, 7) is 2.02. The molecule has 0 radical (unpaired) electrons. The van der Waals surface area contributed by atoms with E-state index in [2.05, 4.69) is 21.2 Å². The molecule has 94 valence electrons. The smallest absolute Gasteiger partial charge is 0.142 e. The van der Waals surface area contributed by atoms with Gasteiger partial charge in [-0.3, -0.25) is 0 Å². The third kappa shape index (κ3) is 2.59. The van der Waals surface area contributed by atoms with Crippen molar-refractivity contribution in [2.75, 3.05) is 18.2 Å². The number of rotatable bonds is 3. The highest BCUT2D eigenvalue weighted by molar-refractivity contribution is 9.10. The number of halogens is 1. The Morgan fingerprint density at radius 1 is 1.22 bits per heavy atom. The summed E-state index contributed by atoms with van der Waals surface area (Å²) in [7, 11) is 1.65. The maximum atomic E-state index is 5.98. The Hall–Kier alpha value is -1.68. The number of nitrogen functional groups attached to an aromatic ring is 1. The molecule has 0 saturated heterocycles. The van der Waals surface area contributed by atoms with Crippen molar-refractivity contribution in [3.8, 4) is 5.75 Å². The molecule has 0 unspecified atom stereocenters. The van der Waals surface area contributed by atoms with Crippen LogP contribution in [-0.4, -0.2) is 7.11 Å². The van der Waals surface area contributed by atoms with Crippen molar-refractivity contribution >= 4 is 33.0 Å². The van der Waals surface area contributed by atoms with Crippen LogP contribution in [0.2, 0.25) is 0 Å². The zero-order valence-corrected chi connectivity index (χ0v) is 11.9. The van der Waals surface area contributed by atoms with E-state index in [0.29, 0.717) is 0 Å². The third-order valence-corrected chi connectivity index (χ3v) is 3.22. The quantitative estimate of drug-likeness (QED) is 0.840. The summed E-state index contributed by atoms with van der Waals surface area (Å²) in [4.78, 5) is 0. The lowest BCUT2D eigenvalue weighted by Crippen LogP contribution is -2.00. The van der Waals surface area contributed by atoms with Crippen LogP contribution < -0.4 is 15.8 Å². The molecule has 0 saturated carbocycles. The lowest BCUT2D eigenvalue weighted by atomic mass is 10.1. The van der Waals surface area contributed by atoms with Crippen LogP contribution in [-0.2, 0) is 0 Å². The summed E-state index contributed by atoms with van der Waals surface area (Å²) < 4.78 is 6.31. The van der Waals surface area contributed by atoms with Crippen LogP contribution in [0, 0.1) is 6.92 Å². The molecule has 2 aromatic rings. The van der Waals surface area contributed by atoms with Crippen molar-refractivity contribution in [3.63, 3.8) is 0 Å². The van der Waals surface area contributed by atoms with E-state index in [9.17, 15) is 0 Å². The van der Waals surface area contributed by atoms with Crippen LogP contribution in [0.4, 0.5) is 17.1 Å². The summed E-state index contributed by atoms with van der Waals surface area (Å²) in [5.74, 6) is 0.779. The van der Waals surface area contributed by atoms with Gasteiger partial charge in [0.25, 0.3) is 0 Å². The molecule has 0 fully saturated rings. The molecular formula is C14H15BrN2O.